The number of hydrogen-bond acceptors (Lipinski definition) is 3. The molecule has 0 aliphatic carbocycles. The number of hydrogen-bond donors (Lipinski definition) is 3. The second-order valence-corrected chi connectivity index (χ2v) is 5.05. The van der Waals surface area contributed by atoms with E-state index in [0.717, 1.165) is 5.56 Å². The summed E-state index contributed by atoms with van der Waals surface area (Å²) in [6.07, 6.45) is 0. The first-order valence-corrected chi connectivity index (χ1v) is 6.02. The molecule has 7 heteroatoms. The lowest BCUT2D eigenvalue weighted by atomic mass is 10.1. The van der Waals surface area contributed by atoms with Gasteiger partial charge in [-0.15, -0.1) is 0 Å². The number of nitrogens with one attached hydrogen (secondary N) is 2. The maximum Gasteiger partial charge on any atom is 0.371 e. The predicted octanol–water partition coefficient (Wildman–Crippen LogP) is -1.33. The summed E-state index contributed by atoms with van der Waals surface area (Å²) >= 11 is 5.72. The van der Waals surface area contributed by atoms with Gasteiger partial charge in [-0.2, -0.15) is 17.5 Å². The molecule has 4 N–H and O–H groups in total. The molecule has 0 amide bonds. The average Bonchev–Trinajstić information content (AvgIpc) is 2.41. The molecule has 0 fully saturated rings. The number of rotatable bonds is 1. The fraction of sp³-hybridized carbons (Fsp3) is 0.125. The summed E-state index contributed by atoms with van der Waals surface area (Å²) in [4.78, 5) is 0. The normalized spacial score (nSPS) is 23.8. The molecule has 0 bridgehead atoms. The van der Waals surface area contributed by atoms with Crippen molar-refractivity contribution < 1.29 is 12.8 Å². The third-order valence-electron chi connectivity index (χ3n) is 2.04. The molecule has 2 rings (SSSR count). The molecule has 80 valence electrons. The van der Waals surface area contributed by atoms with Crippen LogP contribution < -0.4 is 14.9 Å². The molecular formula is C8H9ClN3O2S+. The van der Waals surface area contributed by atoms with Crippen molar-refractivity contribution >= 4 is 27.6 Å². The molecule has 1 aliphatic rings. The summed E-state index contributed by atoms with van der Waals surface area (Å²) in [7, 11) is -3.50. The number of nitrogens with two attached hydrogens (primary N) is 1. The van der Waals surface area contributed by atoms with Gasteiger partial charge in [0.2, 0.25) is 0 Å². The van der Waals surface area contributed by atoms with E-state index in [1.54, 1.807) is 24.3 Å². The van der Waals surface area contributed by atoms with E-state index in [1.807, 2.05) is 0 Å². The molecule has 0 unspecified atom stereocenters. The lowest BCUT2D eigenvalue weighted by Crippen LogP contribution is -2.76. The number of amidine groups is 1. The molecule has 1 aliphatic heterocycles. The van der Waals surface area contributed by atoms with Crippen molar-refractivity contribution in [1.82, 2.24) is 4.72 Å². The van der Waals surface area contributed by atoms with E-state index in [0.29, 0.717) is 5.02 Å². The van der Waals surface area contributed by atoms with Crippen molar-refractivity contribution in [2.75, 3.05) is 0 Å². The fourth-order valence-corrected chi connectivity index (χ4v) is 2.55. The fourth-order valence-electron chi connectivity index (χ4n) is 1.37. The standard InChI is InChI=1S/C8H8ClN3O2S/c9-6-3-1-5(2-4-6)7-8(10)12-15(13,14)11-7/h1-4,7,11H,(H2,10,12)/p+1/t7-/m0/s1. The Hall–Kier alpha value is -1.11. The molecular weight excluding hydrogens is 238 g/mol. The third kappa shape index (κ3) is 2.11. The summed E-state index contributed by atoms with van der Waals surface area (Å²) in [6, 6.07) is 6.26. The smallest absolute Gasteiger partial charge is 0.288 e. The van der Waals surface area contributed by atoms with Crippen LogP contribution in [0.3, 0.4) is 0 Å². The van der Waals surface area contributed by atoms with Crippen molar-refractivity contribution in [3.8, 4) is 0 Å². The van der Waals surface area contributed by atoms with Crippen LogP contribution in [0, 0.1) is 0 Å². The topological polar surface area (TPSA) is 86.2 Å². The molecule has 0 radical (unpaired) electrons. The van der Waals surface area contributed by atoms with Crippen LogP contribution in [0.25, 0.3) is 0 Å². The lowest BCUT2D eigenvalue weighted by Gasteiger charge is -2.05. The summed E-state index contributed by atoms with van der Waals surface area (Å²) in [5, 5.41) is 0.589. The largest absolute Gasteiger partial charge is 0.371 e. The van der Waals surface area contributed by atoms with Crippen LogP contribution in [0.1, 0.15) is 11.6 Å². The van der Waals surface area contributed by atoms with Crippen LogP contribution in [0.5, 0.6) is 0 Å². The highest BCUT2D eigenvalue weighted by Crippen LogP contribution is 2.17. The third-order valence-corrected chi connectivity index (χ3v) is 3.34. The molecule has 5 nitrogen and oxygen atoms in total. The first kappa shape index (κ1) is 10.4. The minimum absolute atomic E-state index is 0.164. The summed E-state index contributed by atoms with van der Waals surface area (Å²) < 4.78 is 26.8. The SMILES string of the molecule is NC1=[NH+]S(=O)(=O)N[C@H]1c1ccc(Cl)cc1. The average molecular weight is 247 g/mol. The highest BCUT2D eigenvalue weighted by atomic mass is 35.5. The molecule has 0 spiro atoms. The quantitative estimate of drug-likeness (QED) is 0.574. The molecule has 1 aromatic carbocycles. The zero-order chi connectivity index (χ0) is 11.1. The van der Waals surface area contributed by atoms with Crippen LogP contribution in [0.15, 0.2) is 24.3 Å². The Bertz CT molecular complexity index is 509. The second kappa shape index (κ2) is 3.48. The van der Waals surface area contributed by atoms with Crippen LogP contribution >= 0.6 is 11.6 Å². The minimum Gasteiger partial charge on any atom is -0.288 e. The predicted molar refractivity (Wildman–Crippen MR) is 56.4 cm³/mol. The highest BCUT2D eigenvalue weighted by Gasteiger charge is 2.34. The molecule has 1 atom stereocenters. The van der Waals surface area contributed by atoms with Crippen molar-refractivity contribution in [3.63, 3.8) is 0 Å². The number of benzene rings is 1. The molecule has 0 aromatic heterocycles. The molecule has 1 heterocycles. The van der Waals surface area contributed by atoms with Crippen LogP contribution in [0.2, 0.25) is 5.02 Å². The molecule has 15 heavy (non-hydrogen) atoms. The van der Waals surface area contributed by atoms with Gasteiger partial charge in [-0.1, -0.05) is 23.7 Å². The van der Waals surface area contributed by atoms with Gasteiger partial charge in [-0.05, 0) is 17.7 Å². The molecule has 1 aromatic rings. The van der Waals surface area contributed by atoms with Crippen LogP contribution in [-0.2, 0) is 10.2 Å². The first-order chi connectivity index (χ1) is 6.98. The van der Waals surface area contributed by atoms with Crippen LogP contribution in [0.4, 0.5) is 0 Å². The van der Waals surface area contributed by atoms with E-state index in [1.165, 1.54) is 0 Å². The zero-order valence-electron chi connectivity index (χ0n) is 7.57. The Morgan fingerprint density at radius 1 is 1.33 bits per heavy atom. The van der Waals surface area contributed by atoms with E-state index in [-0.39, 0.29) is 5.84 Å². The van der Waals surface area contributed by atoms with Crippen molar-refractivity contribution in [2.24, 2.45) is 5.73 Å². The summed E-state index contributed by atoms with van der Waals surface area (Å²) in [5.41, 5.74) is 6.30. The van der Waals surface area contributed by atoms with Crippen LogP contribution in [-0.4, -0.2) is 14.3 Å². The van der Waals surface area contributed by atoms with E-state index < -0.39 is 16.3 Å². The maximum absolute atomic E-state index is 11.1. The van der Waals surface area contributed by atoms with Crippen molar-refractivity contribution in [1.29, 1.82) is 0 Å². The highest BCUT2D eigenvalue weighted by molar-refractivity contribution is 7.83. The van der Waals surface area contributed by atoms with Gasteiger partial charge >= 0.3 is 10.2 Å². The maximum atomic E-state index is 11.1. The Kier molecular flexibility index (Phi) is 2.41. The number of halogens is 1. The zero-order valence-corrected chi connectivity index (χ0v) is 9.14. The van der Waals surface area contributed by atoms with E-state index >= 15 is 0 Å². The Morgan fingerprint density at radius 2 is 1.93 bits per heavy atom. The minimum atomic E-state index is -3.50. The van der Waals surface area contributed by atoms with E-state index in [9.17, 15) is 8.42 Å². The van der Waals surface area contributed by atoms with E-state index in [2.05, 4.69) is 9.12 Å². The van der Waals surface area contributed by atoms with Crippen molar-refractivity contribution in [3.05, 3.63) is 34.9 Å². The molecule has 0 saturated heterocycles. The van der Waals surface area contributed by atoms with Crippen molar-refractivity contribution in [2.45, 2.75) is 6.04 Å². The van der Waals surface area contributed by atoms with E-state index in [4.69, 9.17) is 17.3 Å². The summed E-state index contributed by atoms with van der Waals surface area (Å²) in [5.74, 6) is 0.164. The van der Waals surface area contributed by atoms with Gasteiger partial charge in [0.15, 0.2) is 6.04 Å². The van der Waals surface area contributed by atoms with Gasteiger partial charge in [0, 0.05) is 5.02 Å². The lowest BCUT2D eigenvalue weighted by molar-refractivity contribution is -0.265. The van der Waals surface area contributed by atoms with Gasteiger partial charge in [-0.3, -0.25) is 5.73 Å². The van der Waals surface area contributed by atoms with Gasteiger partial charge < -0.3 is 0 Å². The second-order valence-electron chi connectivity index (χ2n) is 3.16. The molecule has 0 saturated carbocycles. The Labute approximate surface area is 92.1 Å². The van der Waals surface area contributed by atoms with Gasteiger partial charge in [0.05, 0.1) is 0 Å². The van der Waals surface area contributed by atoms with Gasteiger partial charge in [0.1, 0.15) is 0 Å². The van der Waals surface area contributed by atoms with Gasteiger partial charge in [0.25, 0.3) is 5.84 Å². The summed E-state index contributed by atoms with van der Waals surface area (Å²) in [6.45, 7) is 0. The monoisotopic (exact) mass is 246 g/mol. The first-order valence-electron chi connectivity index (χ1n) is 4.16. The Balaban J connectivity index is 2.35. The Morgan fingerprint density at radius 3 is 2.40 bits per heavy atom. The van der Waals surface area contributed by atoms with Gasteiger partial charge in [-0.25, -0.2) is 0 Å².